The molecule has 1 aromatic carbocycles. The Morgan fingerprint density at radius 3 is 2.40 bits per heavy atom. The first-order valence-electron chi connectivity index (χ1n) is 6.27. The van der Waals surface area contributed by atoms with Gasteiger partial charge in [0.05, 0.1) is 13.2 Å². The van der Waals surface area contributed by atoms with Crippen molar-refractivity contribution in [1.82, 2.24) is 0 Å². The smallest absolute Gasteiger partial charge is 0.259 e. The molecule has 1 aliphatic heterocycles. The molecule has 1 aromatic rings. The van der Waals surface area contributed by atoms with Gasteiger partial charge in [0.1, 0.15) is 5.75 Å². The second-order valence-corrected chi connectivity index (χ2v) is 4.52. The van der Waals surface area contributed by atoms with E-state index in [4.69, 9.17) is 9.47 Å². The molecule has 0 N–H and O–H groups in total. The van der Waals surface area contributed by atoms with Crippen LogP contribution < -0.4 is 9.64 Å². The van der Waals surface area contributed by atoms with Crippen LogP contribution in [0.2, 0.25) is 0 Å². The van der Waals surface area contributed by atoms with Gasteiger partial charge in [-0.15, -0.1) is 0 Å². The third-order valence-corrected chi connectivity index (χ3v) is 3.22. The highest BCUT2D eigenvalue weighted by atomic mass is 16.5. The molecular weight excluding hydrogens is 258 g/mol. The van der Waals surface area contributed by atoms with Crippen molar-refractivity contribution >= 4 is 17.4 Å². The second-order valence-electron chi connectivity index (χ2n) is 4.52. The highest BCUT2D eigenvalue weighted by molar-refractivity contribution is 6.06. The summed E-state index contributed by atoms with van der Waals surface area (Å²) in [6.07, 6.45) is 2.62. The molecule has 106 valence electrons. The Kier molecular flexibility index (Phi) is 4.20. The topological polar surface area (TPSA) is 55.8 Å². The molecule has 2 rings (SSSR count). The Morgan fingerprint density at radius 1 is 1.25 bits per heavy atom. The van der Waals surface area contributed by atoms with Gasteiger partial charge in [-0.3, -0.25) is 14.5 Å². The van der Waals surface area contributed by atoms with Gasteiger partial charge in [-0.2, -0.15) is 0 Å². The molecule has 0 radical (unpaired) electrons. The zero-order valence-electron chi connectivity index (χ0n) is 11.7. The van der Waals surface area contributed by atoms with Gasteiger partial charge >= 0.3 is 0 Å². The molecule has 1 amide bonds. The monoisotopic (exact) mass is 275 g/mol. The molecule has 5 nitrogen and oxygen atoms in total. The number of rotatable bonds is 5. The standard InChI is InChI=1S/C15H17NO4/c1-10(17)4-9-13-14(20-3)15(18)16(13)11-5-7-12(19-2)8-6-11/h4-9,13-14H,1-3H3/b9-4+/t13-,14+/m0/s1. The maximum atomic E-state index is 12.1. The van der Waals surface area contributed by atoms with Crippen molar-refractivity contribution in [1.29, 1.82) is 0 Å². The van der Waals surface area contributed by atoms with E-state index in [1.807, 2.05) is 0 Å². The Bertz CT molecular complexity index is 535. The first-order valence-corrected chi connectivity index (χ1v) is 6.27. The number of carbonyl (C=O) groups is 2. The van der Waals surface area contributed by atoms with Crippen LogP contribution in [0.3, 0.4) is 0 Å². The molecule has 0 saturated carbocycles. The number of ketones is 1. The van der Waals surface area contributed by atoms with Gasteiger partial charge in [0, 0.05) is 12.8 Å². The zero-order valence-corrected chi connectivity index (χ0v) is 11.7. The fourth-order valence-electron chi connectivity index (χ4n) is 2.19. The average Bonchev–Trinajstić information content (AvgIpc) is 2.44. The molecule has 5 heteroatoms. The largest absolute Gasteiger partial charge is 0.497 e. The molecule has 0 bridgehead atoms. The Balaban J connectivity index is 2.23. The normalized spacial score (nSPS) is 21.9. The van der Waals surface area contributed by atoms with Crippen molar-refractivity contribution in [3.63, 3.8) is 0 Å². The number of benzene rings is 1. The van der Waals surface area contributed by atoms with Gasteiger partial charge in [0.2, 0.25) is 0 Å². The number of hydrogen-bond acceptors (Lipinski definition) is 4. The second kappa shape index (κ2) is 5.88. The molecule has 0 aliphatic carbocycles. The van der Waals surface area contributed by atoms with Crippen LogP contribution in [0.5, 0.6) is 5.75 Å². The molecule has 1 fully saturated rings. The molecule has 1 saturated heterocycles. The third-order valence-electron chi connectivity index (χ3n) is 3.22. The van der Waals surface area contributed by atoms with E-state index in [0.717, 1.165) is 11.4 Å². The summed E-state index contributed by atoms with van der Waals surface area (Å²) >= 11 is 0. The summed E-state index contributed by atoms with van der Waals surface area (Å²) in [5.41, 5.74) is 0.752. The van der Waals surface area contributed by atoms with E-state index >= 15 is 0 Å². The van der Waals surface area contributed by atoms with E-state index in [1.165, 1.54) is 20.1 Å². The molecule has 20 heavy (non-hydrogen) atoms. The van der Waals surface area contributed by atoms with Crippen molar-refractivity contribution in [3.05, 3.63) is 36.4 Å². The molecule has 0 unspecified atom stereocenters. The number of anilines is 1. The molecule has 1 heterocycles. The quantitative estimate of drug-likeness (QED) is 0.604. The maximum Gasteiger partial charge on any atom is 0.259 e. The number of hydrogen-bond donors (Lipinski definition) is 0. The van der Waals surface area contributed by atoms with Gasteiger partial charge in [-0.05, 0) is 37.3 Å². The van der Waals surface area contributed by atoms with E-state index in [2.05, 4.69) is 0 Å². The summed E-state index contributed by atoms with van der Waals surface area (Å²) in [5, 5.41) is 0. The van der Waals surface area contributed by atoms with E-state index in [-0.39, 0.29) is 17.7 Å². The number of β-lactam (4-membered cyclic amide) rings is 1. The van der Waals surface area contributed by atoms with Crippen LogP contribution >= 0.6 is 0 Å². The zero-order chi connectivity index (χ0) is 14.7. The molecular formula is C15H17NO4. The van der Waals surface area contributed by atoms with E-state index in [9.17, 15) is 9.59 Å². The van der Waals surface area contributed by atoms with Gasteiger partial charge in [-0.1, -0.05) is 6.08 Å². The van der Waals surface area contributed by atoms with Gasteiger partial charge in [0.25, 0.3) is 5.91 Å². The Labute approximate surface area is 117 Å². The first kappa shape index (κ1) is 14.3. The first-order chi connectivity index (χ1) is 9.58. The van der Waals surface area contributed by atoms with Crippen LogP contribution in [0.15, 0.2) is 36.4 Å². The van der Waals surface area contributed by atoms with Crippen LogP contribution in [0.1, 0.15) is 6.92 Å². The number of ether oxygens (including phenoxy) is 2. The summed E-state index contributed by atoms with van der Waals surface area (Å²) < 4.78 is 10.3. The van der Waals surface area contributed by atoms with E-state index in [0.29, 0.717) is 0 Å². The Morgan fingerprint density at radius 2 is 1.90 bits per heavy atom. The predicted octanol–water partition coefficient (Wildman–Crippen LogP) is 1.57. The lowest BCUT2D eigenvalue weighted by molar-refractivity contribution is -0.137. The van der Waals surface area contributed by atoms with Gasteiger partial charge in [0.15, 0.2) is 11.9 Å². The lowest BCUT2D eigenvalue weighted by Gasteiger charge is -2.44. The van der Waals surface area contributed by atoms with Crippen molar-refractivity contribution in [2.75, 3.05) is 19.1 Å². The highest BCUT2D eigenvalue weighted by Crippen LogP contribution is 2.31. The lowest BCUT2D eigenvalue weighted by Crippen LogP contribution is -2.65. The molecule has 0 aromatic heterocycles. The summed E-state index contributed by atoms with van der Waals surface area (Å²) in [6, 6.07) is 6.92. The van der Waals surface area contributed by atoms with Crippen molar-refractivity contribution < 1.29 is 19.1 Å². The summed E-state index contributed by atoms with van der Waals surface area (Å²) in [7, 11) is 3.08. The maximum absolute atomic E-state index is 12.1. The number of carbonyl (C=O) groups excluding carboxylic acids is 2. The van der Waals surface area contributed by atoms with Crippen molar-refractivity contribution in [2.24, 2.45) is 0 Å². The van der Waals surface area contributed by atoms with Gasteiger partial charge in [-0.25, -0.2) is 0 Å². The highest BCUT2D eigenvalue weighted by Gasteiger charge is 2.47. The minimum Gasteiger partial charge on any atom is -0.497 e. The molecule has 1 aliphatic rings. The van der Waals surface area contributed by atoms with Gasteiger partial charge < -0.3 is 9.47 Å². The fourth-order valence-corrected chi connectivity index (χ4v) is 2.19. The fraction of sp³-hybridized carbons (Fsp3) is 0.333. The van der Waals surface area contributed by atoms with E-state index in [1.54, 1.807) is 42.4 Å². The van der Waals surface area contributed by atoms with Crippen LogP contribution in [-0.4, -0.2) is 38.1 Å². The third kappa shape index (κ3) is 2.58. The number of nitrogens with zero attached hydrogens (tertiary/aromatic N) is 1. The van der Waals surface area contributed by atoms with Crippen molar-refractivity contribution in [3.8, 4) is 5.75 Å². The SMILES string of the molecule is COc1ccc(N2C(=O)[C@H](OC)[C@@H]2/C=C/C(C)=O)cc1. The van der Waals surface area contributed by atoms with E-state index < -0.39 is 6.10 Å². The summed E-state index contributed by atoms with van der Waals surface area (Å²) in [6.45, 7) is 1.47. The molecule has 0 spiro atoms. The minimum absolute atomic E-state index is 0.0612. The van der Waals surface area contributed by atoms with Crippen LogP contribution in [0.25, 0.3) is 0 Å². The number of allylic oxidation sites excluding steroid dienone is 1. The predicted molar refractivity (Wildman–Crippen MR) is 74.9 cm³/mol. The van der Waals surface area contributed by atoms with Crippen LogP contribution in [0, 0.1) is 0 Å². The summed E-state index contributed by atoms with van der Waals surface area (Å²) in [5.74, 6) is 0.547. The van der Waals surface area contributed by atoms with Crippen LogP contribution in [-0.2, 0) is 14.3 Å². The average molecular weight is 275 g/mol. The summed E-state index contributed by atoms with van der Waals surface area (Å²) in [4.78, 5) is 24.7. The van der Waals surface area contributed by atoms with Crippen molar-refractivity contribution in [2.45, 2.75) is 19.1 Å². The number of methoxy groups -OCH3 is 2. The molecule has 2 atom stereocenters. The number of amides is 1. The lowest BCUT2D eigenvalue weighted by atomic mass is 9.95. The Hall–Kier alpha value is -2.14. The van der Waals surface area contributed by atoms with Crippen LogP contribution in [0.4, 0.5) is 5.69 Å². The minimum atomic E-state index is -0.535.